The third kappa shape index (κ3) is 3.29. The smallest absolute Gasteiger partial charge is 0.454 e. The van der Waals surface area contributed by atoms with Crippen molar-refractivity contribution in [3.8, 4) is 11.5 Å². The van der Waals surface area contributed by atoms with E-state index in [9.17, 15) is 31.1 Å². The highest BCUT2D eigenvalue weighted by Gasteiger charge is 2.75. The molecular formula is C19H14F6O3. The summed E-state index contributed by atoms with van der Waals surface area (Å²) in [5, 5.41) is 0. The normalized spacial score (nSPS) is 15.8. The summed E-state index contributed by atoms with van der Waals surface area (Å²) in [6, 6.07) is 7.95. The molecule has 0 amide bonds. The highest BCUT2D eigenvalue weighted by molar-refractivity contribution is 5.89. The van der Waals surface area contributed by atoms with E-state index >= 15 is 0 Å². The van der Waals surface area contributed by atoms with Crippen molar-refractivity contribution in [1.82, 2.24) is 0 Å². The Kier molecular flexibility index (Phi) is 4.81. The summed E-state index contributed by atoms with van der Waals surface area (Å²) in [5.74, 6) is -6.66. The largest absolute Gasteiger partial charge is 0.465 e. The summed E-state index contributed by atoms with van der Waals surface area (Å²) in [4.78, 5) is 11.4. The molecule has 0 bridgehead atoms. The highest BCUT2D eigenvalue weighted by atomic mass is 19.4. The van der Waals surface area contributed by atoms with Gasteiger partial charge in [0.2, 0.25) is 0 Å². The van der Waals surface area contributed by atoms with Gasteiger partial charge in [0.25, 0.3) is 0 Å². The number of carbonyl (C=O) groups excluding carboxylic acids is 1. The van der Waals surface area contributed by atoms with Gasteiger partial charge in [0.05, 0.1) is 18.1 Å². The molecule has 0 atom stereocenters. The van der Waals surface area contributed by atoms with Crippen molar-refractivity contribution in [3.05, 3.63) is 59.4 Å². The molecule has 0 spiro atoms. The van der Waals surface area contributed by atoms with Gasteiger partial charge in [-0.25, -0.2) is 9.18 Å². The second-order valence-electron chi connectivity index (χ2n) is 6.42. The zero-order valence-electron chi connectivity index (χ0n) is 14.4. The van der Waals surface area contributed by atoms with E-state index in [1.54, 1.807) is 0 Å². The molecule has 1 fully saturated rings. The Morgan fingerprint density at radius 1 is 1.00 bits per heavy atom. The number of esters is 1. The van der Waals surface area contributed by atoms with Gasteiger partial charge in [0.1, 0.15) is 5.75 Å². The molecule has 0 saturated heterocycles. The number of ether oxygens (including phenoxy) is 2. The Morgan fingerprint density at radius 3 is 2.07 bits per heavy atom. The number of alkyl halides is 5. The Hall–Kier alpha value is -2.71. The van der Waals surface area contributed by atoms with Crippen molar-refractivity contribution in [1.29, 1.82) is 0 Å². The summed E-state index contributed by atoms with van der Waals surface area (Å²) in [7, 11) is 1.14. The van der Waals surface area contributed by atoms with Gasteiger partial charge in [0, 0.05) is 0 Å². The molecular weight excluding hydrogens is 390 g/mol. The number of benzene rings is 2. The van der Waals surface area contributed by atoms with Gasteiger partial charge < -0.3 is 9.47 Å². The quantitative estimate of drug-likeness (QED) is 0.478. The number of hydrogen-bond acceptors (Lipinski definition) is 3. The lowest BCUT2D eigenvalue weighted by molar-refractivity contribution is -0.296. The van der Waals surface area contributed by atoms with Crippen molar-refractivity contribution in [3.63, 3.8) is 0 Å². The van der Waals surface area contributed by atoms with Crippen LogP contribution in [0.3, 0.4) is 0 Å². The molecule has 1 saturated carbocycles. The minimum absolute atomic E-state index is 0.0345. The molecule has 150 valence electrons. The van der Waals surface area contributed by atoms with Gasteiger partial charge in [-0.2, -0.15) is 22.0 Å². The van der Waals surface area contributed by atoms with Crippen molar-refractivity contribution in [2.24, 2.45) is 0 Å². The van der Waals surface area contributed by atoms with Gasteiger partial charge in [-0.1, -0.05) is 12.1 Å². The first-order chi connectivity index (χ1) is 13.0. The first-order valence-electron chi connectivity index (χ1n) is 8.13. The van der Waals surface area contributed by atoms with Crippen LogP contribution in [0.25, 0.3) is 0 Å². The molecule has 0 aromatic heterocycles. The lowest BCUT2D eigenvalue weighted by atomic mass is 9.88. The second-order valence-corrected chi connectivity index (χ2v) is 6.42. The van der Waals surface area contributed by atoms with Crippen molar-refractivity contribution in [2.75, 3.05) is 7.11 Å². The van der Waals surface area contributed by atoms with Crippen LogP contribution >= 0.6 is 0 Å². The van der Waals surface area contributed by atoms with Crippen LogP contribution in [0, 0.1) is 5.82 Å². The van der Waals surface area contributed by atoms with Crippen LogP contribution in [0.2, 0.25) is 0 Å². The van der Waals surface area contributed by atoms with E-state index in [4.69, 9.17) is 4.74 Å². The molecule has 28 heavy (non-hydrogen) atoms. The average molecular weight is 404 g/mol. The van der Waals surface area contributed by atoms with Gasteiger partial charge >= 0.3 is 18.1 Å². The molecule has 0 heterocycles. The van der Waals surface area contributed by atoms with Crippen LogP contribution in [0.4, 0.5) is 26.3 Å². The summed E-state index contributed by atoms with van der Waals surface area (Å²) in [5.41, 5.74) is -2.48. The SMILES string of the molecule is COC(=O)c1ccc(Oc2ccc(C3(C(F)(F)C(F)(F)F)CC3)cc2)c(F)c1. The van der Waals surface area contributed by atoms with Crippen LogP contribution < -0.4 is 4.74 Å². The maximum absolute atomic E-state index is 14.0. The average Bonchev–Trinajstić information content (AvgIpc) is 3.45. The van der Waals surface area contributed by atoms with Crippen molar-refractivity contribution >= 4 is 5.97 Å². The van der Waals surface area contributed by atoms with Gasteiger partial charge in [-0.15, -0.1) is 0 Å². The molecule has 0 radical (unpaired) electrons. The number of rotatable bonds is 5. The number of carbonyl (C=O) groups is 1. The van der Waals surface area contributed by atoms with Gasteiger partial charge in [-0.05, 0) is 48.7 Å². The van der Waals surface area contributed by atoms with Crippen LogP contribution in [-0.2, 0) is 10.2 Å². The lowest BCUT2D eigenvalue weighted by Gasteiger charge is -2.29. The maximum atomic E-state index is 14.0. The third-order valence-corrected chi connectivity index (χ3v) is 4.69. The molecule has 1 aliphatic rings. The number of hydrogen-bond donors (Lipinski definition) is 0. The fraction of sp³-hybridized carbons (Fsp3) is 0.316. The topological polar surface area (TPSA) is 35.5 Å². The Balaban J connectivity index is 1.80. The standard InChI is InChI=1S/C19H14F6O3/c1-27-16(26)11-2-7-15(14(20)10-11)28-13-5-3-12(4-6-13)17(8-9-17)18(21,22)19(23,24)25/h2-7,10H,8-9H2,1H3. The minimum atomic E-state index is -5.65. The fourth-order valence-electron chi connectivity index (χ4n) is 2.98. The summed E-state index contributed by atoms with van der Waals surface area (Å²) in [6.45, 7) is 0. The van der Waals surface area contributed by atoms with E-state index in [1.807, 2.05) is 0 Å². The van der Waals surface area contributed by atoms with E-state index in [0.717, 1.165) is 25.3 Å². The van der Waals surface area contributed by atoms with E-state index in [1.165, 1.54) is 24.3 Å². The molecule has 2 aromatic rings. The Bertz CT molecular complexity index is 886. The minimum Gasteiger partial charge on any atom is -0.465 e. The second kappa shape index (κ2) is 6.72. The molecule has 0 N–H and O–H groups in total. The van der Waals surface area contributed by atoms with Crippen molar-refractivity contribution < 1.29 is 40.6 Å². The molecule has 2 aromatic carbocycles. The molecule has 0 aliphatic heterocycles. The van der Waals surface area contributed by atoms with Crippen LogP contribution in [-0.4, -0.2) is 25.2 Å². The molecule has 1 aliphatic carbocycles. The van der Waals surface area contributed by atoms with E-state index in [-0.39, 0.29) is 35.5 Å². The predicted molar refractivity (Wildman–Crippen MR) is 86.2 cm³/mol. The monoisotopic (exact) mass is 404 g/mol. The molecule has 3 nitrogen and oxygen atoms in total. The number of methoxy groups -OCH3 is 1. The van der Waals surface area contributed by atoms with E-state index < -0.39 is 29.3 Å². The maximum Gasteiger partial charge on any atom is 0.454 e. The lowest BCUT2D eigenvalue weighted by Crippen LogP contribution is -2.47. The third-order valence-electron chi connectivity index (χ3n) is 4.69. The fourth-order valence-corrected chi connectivity index (χ4v) is 2.98. The summed E-state index contributed by atoms with van der Waals surface area (Å²) < 4.78 is 89.7. The predicted octanol–water partition coefficient (Wildman–Crippen LogP) is 5.63. The van der Waals surface area contributed by atoms with Crippen LogP contribution in [0.5, 0.6) is 11.5 Å². The van der Waals surface area contributed by atoms with E-state index in [2.05, 4.69) is 4.74 Å². The van der Waals surface area contributed by atoms with E-state index in [0.29, 0.717) is 0 Å². The van der Waals surface area contributed by atoms with Crippen LogP contribution in [0.15, 0.2) is 42.5 Å². The summed E-state index contributed by atoms with van der Waals surface area (Å²) >= 11 is 0. The molecule has 9 heteroatoms. The first-order valence-corrected chi connectivity index (χ1v) is 8.13. The first kappa shape index (κ1) is 20.0. The molecule has 0 unspecified atom stereocenters. The van der Waals surface area contributed by atoms with Gasteiger partial charge in [-0.3, -0.25) is 0 Å². The zero-order valence-corrected chi connectivity index (χ0v) is 14.4. The Morgan fingerprint density at radius 2 is 1.61 bits per heavy atom. The molecule has 3 rings (SSSR count). The van der Waals surface area contributed by atoms with Crippen molar-refractivity contribution in [2.45, 2.75) is 30.4 Å². The van der Waals surface area contributed by atoms with Crippen LogP contribution in [0.1, 0.15) is 28.8 Å². The zero-order chi connectivity index (χ0) is 20.7. The number of halogens is 6. The Labute approximate surface area is 155 Å². The summed E-state index contributed by atoms with van der Waals surface area (Å²) in [6.07, 6.45) is -6.23. The van der Waals surface area contributed by atoms with Gasteiger partial charge in [0.15, 0.2) is 11.6 Å². The highest BCUT2D eigenvalue weighted by Crippen LogP contribution is 2.63.